The summed E-state index contributed by atoms with van der Waals surface area (Å²) in [6, 6.07) is 19.4. The van der Waals surface area contributed by atoms with Crippen molar-refractivity contribution in [3.63, 3.8) is 0 Å². The Hall–Kier alpha value is -2.58. The summed E-state index contributed by atoms with van der Waals surface area (Å²) in [6.07, 6.45) is 1.70. The second-order valence-electron chi connectivity index (χ2n) is 6.87. The lowest BCUT2D eigenvalue weighted by molar-refractivity contribution is -0.115. The number of carbonyl (C=O) groups is 2. The quantitative estimate of drug-likeness (QED) is 0.350. The molecular weight excluding hydrogens is 547 g/mol. The number of aliphatic imine (C=N–C) groups is 1. The summed E-state index contributed by atoms with van der Waals surface area (Å²) >= 11 is 16.6. The third kappa shape index (κ3) is 6.06. The van der Waals surface area contributed by atoms with Crippen molar-refractivity contribution in [2.24, 2.45) is 4.99 Å². The second-order valence-corrected chi connectivity index (χ2v) is 9.63. The summed E-state index contributed by atoms with van der Waals surface area (Å²) in [5.41, 5.74) is 1.99. The van der Waals surface area contributed by atoms with Gasteiger partial charge in [0.2, 0.25) is 0 Å². The van der Waals surface area contributed by atoms with E-state index in [1.807, 2.05) is 24.3 Å². The number of thioether (sulfide) groups is 1. The van der Waals surface area contributed by atoms with Crippen molar-refractivity contribution in [1.29, 1.82) is 0 Å². The molecule has 0 aromatic heterocycles. The minimum atomic E-state index is -0.423. The van der Waals surface area contributed by atoms with Crippen LogP contribution in [0.15, 0.2) is 81.1 Å². The van der Waals surface area contributed by atoms with Gasteiger partial charge in [-0.25, -0.2) is 0 Å². The lowest BCUT2D eigenvalue weighted by atomic mass is 10.2. The van der Waals surface area contributed by atoms with Crippen molar-refractivity contribution in [3.8, 4) is 5.75 Å². The molecule has 0 radical (unpaired) electrons. The van der Waals surface area contributed by atoms with Gasteiger partial charge in [0, 0.05) is 15.6 Å². The summed E-state index contributed by atoms with van der Waals surface area (Å²) < 4.78 is 6.80. The van der Waals surface area contributed by atoms with Gasteiger partial charge in [0.1, 0.15) is 12.4 Å². The third-order valence-corrected chi connectivity index (χ3v) is 6.65. The Kier molecular flexibility index (Phi) is 7.55. The first-order valence-electron chi connectivity index (χ1n) is 9.64. The molecule has 0 atom stereocenters. The van der Waals surface area contributed by atoms with Crippen LogP contribution in [0, 0.1) is 0 Å². The van der Waals surface area contributed by atoms with Crippen molar-refractivity contribution >= 4 is 74.0 Å². The first-order chi connectivity index (χ1) is 15.9. The third-order valence-electron chi connectivity index (χ3n) is 4.51. The van der Waals surface area contributed by atoms with Gasteiger partial charge < -0.3 is 10.1 Å². The van der Waals surface area contributed by atoms with Crippen LogP contribution in [0.2, 0.25) is 10.0 Å². The lowest BCUT2D eigenvalue weighted by Crippen LogP contribution is -2.20. The number of halogens is 3. The van der Waals surface area contributed by atoms with Crippen LogP contribution in [0.1, 0.15) is 21.5 Å². The lowest BCUT2D eigenvalue weighted by Gasteiger charge is -2.11. The maximum Gasteiger partial charge on any atom is 0.279 e. The number of amidine groups is 1. The minimum Gasteiger partial charge on any atom is -0.488 e. The number of amides is 2. The van der Waals surface area contributed by atoms with E-state index in [9.17, 15) is 9.59 Å². The predicted octanol–water partition coefficient (Wildman–Crippen LogP) is 6.74. The largest absolute Gasteiger partial charge is 0.488 e. The Morgan fingerprint density at radius 2 is 1.85 bits per heavy atom. The molecule has 5 nitrogen and oxygen atoms in total. The summed E-state index contributed by atoms with van der Waals surface area (Å²) in [7, 11) is 0. The molecule has 0 bridgehead atoms. The molecule has 2 amide bonds. The first-order valence-corrected chi connectivity index (χ1v) is 12.0. The fourth-order valence-corrected chi connectivity index (χ4v) is 4.42. The molecule has 166 valence electrons. The van der Waals surface area contributed by atoms with Gasteiger partial charge in [0.25, 0.3) is 11.8 Å². The molecule has 4 rings (SSSR count). The smallest absolute Gasteiger partial charge is 0.279 e. The van der Waals surface area contributed by atoms with Gasteiger partial charge >= 0.3 is 0 Å². The van der Waals surface area contributed by atoms with E-state index >= 15 is 0 Å². The van der Waals surface area contributed by atoms with Crippen molar-refractivity contribution in [1.82, 2.24) is 5.32 Å². The Bertz CT molecular complexity index is 1300. The number of rotatable bonds is 5. The fraction of sp³-hybridized carbons (Fsp3) is 0.0417. The van der Waals surface area contributed by atoms with E-state index in [-0.39, 0.29) is 17.7 Å². The molecule has 1 N–H and O–H groups in total. The van der Waals surface area contributed by atoms with E-state index in [0.717, 1.165) is 21.8 Å². The average molecular weight is 562 g/mol. The van der Waals surface area contributed by atoms with Gasteiger partial charge in [-0.3, -0.25) is 9.59 Å². The highest BCUT2D eigenvalue weighted by atomic mass is 79.9. The number of nitrogens with one attached hydrogen (secondary N) is 1. The van der Waals surface area contributed by atoms with Gasteiger partial charge in [0.15, 0.2) is 5.17 Å². The zero-order valence-corrected chi connectivity index (χ0v) is 20.8. The molecule has 3 aromatic rings. The molecule has 9 heteroatoms. The molecule has 1 saturated heterocycles. The number of hydrogen-bond donors (Lipinski definition) is 1. The van der Waals surface area contributed by atoms with Crippen LogP contribution in [-0.4, -0.2) is 17.0 Å². The Labute approximate surface area is 213 Å². The summed E-state index contributed by atoms with van der Waals surface area (Å²) in [5.74, 6) is -0.182. The average Bonchev–Trinajstić information content (AvgIpc) is 3.14. The maximum atomic E-state index is 12.5. The van der Waals surface area contributed by atoms with Crippen LogP contribution in [0.3, 0.4) is 0 Å². The van der Waals surface area contributed by atoms with E-state index in [4.69, 9.17) is 27.9 Å². The SMILES string of the molecule is O=C1NC(=NC(=O)c2ccccc2)S/C1=C\c1cc(Br)ccc1OCc1ccc(Cl)c(Cl)c1. The highest BCUT2D eigenvalue weighted by Crippen LogP contribution is 2.32. The van der Waals surface area contributed by atoms with Gasteiger partial charge in [-0.15, -0.1) is 0 Å². The summed E-state index contributed by atoms with van der Waals surface area (Å²) in [6.45, 7) is 0.270. The Balaban J connectivity index is 1.53. The van der Waals surface area contributed by atoms with Crippen LogP contribution in [-0.2, 0) is 11.4 Å². The molecule has 1 fully saturated rings. The van der Waals surface area contributed by atoms with Crippen molar-refractivity contribution in [2.45, 2.75) is 6.61 Å². The molecular formula is C24H15BrCl2N2O3S. The number of ether oxygens (including phenoxy) is 1. The van der Waals surface area contributed by atoms with E-state index in [1.54, 1.807) is 48.5 Å². The molecule has 0 saturated carbocycles. The van der Waals surface area contributed by atoms with Crippen LogP contribution >= 0.6 is 50.9 Å². The van der Waals surface area contributed by atoms with E-state index in [2.05, 4.69) is 26.2 Å². The normalized spacial score (nSPS) is 15.7. The van der Waals surface area contributed by atoms with E-state index in [0.29, 0.717) is 31.8 Å². The minimum absolute atomic E-state index is 0.230. The van der Waals surface area contributed by atoms with Crippen LogP contribution in [0.5, 0.6) is 5.75 Å². The first kappa shape index (κ1) is 23.6. The van der Waals surface area contributed by atoms with Gasteiger partial charge in [-0.1, -0.05) is 63.4 Å². The summed E-state index contributed by atoms with van der Waals surface area (Å²) in [4.78, 5) is 29.2. The molecule has 0 aliphatic carbocycles. The van der Waals surface area contributed by atoms with Crippen LogP contribution in [0.25, 0.3) is 6.08 Å². The zero-order valence-electron chi connectivity index (χ0n) is 16.8. The molecule has 1 heterocycles. The van der Waals surface area contributed by atoms with E-state index in [1.165, 1.54) is 0 Å². The van der Waals surface area contributed by atoms with Gasteiger partial charge in [-0.05, 0) is 65.9 Å². The van der Waals surface area contributed by atoms with E-state index < -0.39 is 5.91 Å². The van der Waals surface area contributed by atoms with Crippen molar-refractivity contribution in [2.75, 3.05) is 0 Å². The van der Waals surface area contributed by atoms with Crippen LogP contribution < -0.4 is 10.1 Å². The Morgan fingerprint density at radius 1 is 1.06 bits per heavy atom. The molecule has 0 unspecified atom stereocenters. The van der Waals surface area contributed by atoms with Gasteiger partial charge in [0.05, 0.1) is 15.0 Å². The molecule has 0 spiro atoms. The molecule has 33 heavy (non-hydrogen) atoms. The molecule has 1 aliphatic rings. The predicted molar refractivity (Wildman–Crippen MR) is 137 cm³/mol. The monoisotopic (exact) mass is 560 g/mol. The maximum absolute atomic E-state index is 12.5. The highest BCUT2D eigenvalue weighted by molar-refractivity contribution is 9.10. The molecule has 1 aliphatic heterocycles. The van der Waals surface area contributed by atoms with Crippen molar-refractivity contribution in [3.05, 3.63) is 103 Å². The number of nitrogens with zero attached hydrogens (tertiary/aromatic N) is 1. The van der Waals surface area contributed by atoms with Crippen LogP contribution in [0.4, 0.5) is 0 Å². The Morgan fingerprint density at radius 3 is 2.61 bits per heavy atom. The highest BCUT2D eigenvalue weighted by Gasteiger charge is 2.25. The topological polar surface area (TPSA) is 67.8 Å². The number of carbonyl (C=O) groups excluding carboxylic acids is 2. The zero-order chi connectivity index (χ0) is 23.4. The summed E-state index contributed by atoms with van der Waals surface area (Å²) in [5, 5.41) is 3.79. The van der Waals surface area contributed by atoms with Crippen molar-refractivity contribution < 1.29 is 14.3 Å². The number of hydrogen-bond acceptors (Lipinski definition) is 4. The fourth-order valence-electron chi connectivity index (χ4n) is 2.91. The van der Waals surface area contributed by atoms with Gasteiger partial charge in [-0.2, -0.15) is 4.99 Å². The number of benzene rings is 3. The standard InChI is InChI=1S/C24H15BrCl2N2O3S/c25-17-7-9-20(32-13-14-6-8-18(26)19(27)10-14)16(11-17)12-21-23(31)29-24(33-21)28-22(30)15-4-2-1-3-5-15/h1-12H,13H2,(H,28,29,30,31)/b21-12-. The molecule has 3 aromatic carbocycles. The second kappa shape index (κ2) is 10.6.